The van der Waals surface area contributed by atoms with Gasteiger partial charge in [-0.1, -0.05) is 27.5 Å². The minimum absolute atomic E-state index is 0.149. The molecule has 3 N–H and O–H groups in total. The first-order valence-corrected chi connectivity index (χ1v) is 6.63. The summed E-state index contributed by atoms with van der Waals surface area (Å²) in [7, 11) is 0. The van der Waals surface area contributed by atoms with Crippen LogP contribution in [-0.2, 0) is 6.18 Å². The number of halogens is 5. The van der Waals surface area contributed by atoms with Crippen molar-refractivity contribution in [1.82, 2.24) is 0 Å². The molecule has 0 aliphatic carbocycles. The van der Waals surface area contributed by atoms with Gasteiger partial charge in [0, 0.05) is 4.47 Å². The van der Waals surface area contributed by atoms with Gasteiger partial charge < -0.3 is 11.1 Å². The van der Waals surface area contributed by atoms with Crippen molar-refractivity contribution in [3.63, 3.8) is 0 Å². The average molecular weight is 366 g/mol. The summed E-state index contributed by atoms with van der Waals surface area (Å²) in [6.07, 6.45) is -4.42. The highest BCUT2D eigenvalue weighted by Gasteiger charge is 2.31. The Hall–Kier alpha value is -1.40. The van der Waals surface area contributed by atoms with Gasteiger partial charge in [-0.15, -0.1) is 0 Å². The molecular weight excluding hydrogens is 357 g/mol. The minimum atomic E-state index is -4.42. The lowest BCUT2D eigenvalue weighted by atomic mass is 10.2. The van der Waals surface area contributed by atoms with Gasteiger partial charge in [-0.3, -0.25) is 0 Å². The predicted molar refractivity (Wildman–Crippen MR) is 78.3 cm³/mol. The van der Waals surface area contributed by atoms with E-state index in [1.54, 1.807) is 18.2 Å². The van der Waals surface area contributed by atoms with E-state index in [2.05, 4.69) is 21.2 Å². The van der Waals surface area contributed by atoms with Crippen molar-refractivity contribution in [2.75, 3.05) is 11.1 Å². The van der Waals surface area contributed by atoms with Crippen molar-refractivity contribution in [3.8, 4) is 0 Å². The standard InChI is InChI=1S/C13H9BrClF3N2/c14-8-2-4-11(10(19)6-8)20-12-5-7(13(16,17)18)1-3-9(12)15/h1-6,20H,19H2. The molecule has 106 valence electrons. The van der Waals surface area contributed by atoms with E-state index in [1.165, 1.54) is 6.07 Å². The summed E-state index contributed by atoms with van der Waals surface area (Å²) in [6.45, 7) is 0. The van der Waals surface area contributed by atoms with E-state index < -0.39 is 11.7 Å². The van der Waals surface area contributed by atoms with E-state index in [1.807, 2.05) is 0 Å². The van der Waals surface area contributed by atoms with Gasteiger partial charge in [0.1, 0.15) is 0 Å². The molecule has 0 amide bonds. The Labute approximate surface area is 126 Å². The van der Waals surface area contributed by atoms with Gasteiger partial charge in [0.05, 0.1) is 27.6 Å². The van der Waals surface area contributed by atoms with Crippen LogP contribution in [0.1, 0.15) is 5.56 Å². The van der Waals surface area contributed by atoms with Crippen LogP contribution in [0.4, 0.5) is 30.2 Å². The SMILES string of the molecule is Nc1cc(Br)ccc1Nc1cc(C(F)(F)F)ccc1Cl. The number of nitrogens with two attached hydrogens (primary N) is 1. The van der Waals surface area contributed by atoms with Crippen LogP contribution in [0, 0.1) is 0 Å². The largest absolute Gasteiger partial charge is 0.416 e. The molecule has 2 aromatic carbocycles. The highest BCUT2D eigenvalue weighted by atomic mass is 79.9. The molecule has 0 aliphatic heterocycles. The number of anilines is 3. The summed E-state index contributed by atoms with van der Waals surface area (Å²) < 4.78 is 38.8. The zero-order valence-corrected chi connectivity index (χ0v) is 12.3. The van der Waals surface area contributed by atoms with Crippen molar-refractivity contribution in [2.45, 2.75) is 6.18 Å². The van der Waals surface area contributed by atoms with Gasteiger partial charge in [0.25, 0.3) is 0 Å². The molecule has 7 heteroatoms. The second-order valence-electron chi connectivity index (χ2n) is 4.05. The molecule has 2 rings (SSSR count). The molecule has 0 heterocycles. The quantitative estimate of drug-likeness (QED) is 0.695. The predicted octanol–water partition coefficient (Wildman–Crippen LogP) is 5.45. The second-order valence-corrected chi connectivity index (χ2v) is 5.37. The van der Waals surface area contributed by atoms with Crippen molar-refractivity contribution in [1.29, 1.82) is 0 Å². The number of rotatable bonds is 2. The molecule has 0 saturated heterocycles. The zero-order valence-electron chi connectivity index (χ0n) is 9.93. The minimum Gasteiger partial charge on any atom is -0.397 e. The lowest BCUT2D eigenvalue weighted by molar-refractivity contribution is -0.137. The summed E-state index contributed by atoms with van der Waals surface area (Å²) >= 11 is 9.15. The van der Waals surface area contributed by atoms with Crippen molar-refractivity contribution < 1.29 is 13.2 Å². The van der Waals surface area contributed by atoms with Gasteiger partial charge in [0.2, 0.25) is 0 Å². The van der Waals surface area contributed by atoms with Gasteiger partial charge in [-0.2, -0.15) is 13.2 Å². The van der Waals surface area contributed by atoms with E-state index in [0.717, 1.165) is 16.6 Å². The Kier molecular flexibility index (Phi) is 4.15. The highest BCUT2D eigenvalue weighted by molar-refractivity contribution is 9.10. The van der Waals surface area contributed by atoms with E-state index in [4.69, 9.17) is 17.3 Å². The summed E-state index contributed by atoms with van der Waals surface area (Å²) in [5, 5.41) is 2.98. The van der Waals surface area contributed by atoms with Crippen molar-refractivity contribution in [2.24, 2.45) is 0 Å². The van der Waals surface area contributed by atoms with Crippen LogP contribution in [0.3, 0.4) is 0 Å². The number of nitrogen functional groups attached to an aromatic ring is 1. The zero-order chi connectivity index (χ0) is 14.9. The van der Waals surface area contributed by atoms with Gasteiger partial charge in [0.15, 0.2) is 0 Å². The first-order chi connectivity index (χ1) is 9.27. The molecule has 0 spiro atoms. The number of hydrogen-bond donors (Lipinski definition) is 2. The third-order valence-corrected chi connectivity index (χ3v) is 3.40. The summed E-state index contributed by atoms with van der Waals surface area (Å²) in [5.41, 5.74) is 6.03. The van der Waals surface area contributed by atoms with Gasteiger partial charge in [-0.05, 0) is 36.4 Å². The maximum Gasteiger partial charge on any atom is 0.416 e. The van der Waals surface area contributed by atoms with E-state index in [0.29, 0.717) is 11.4 Å². The Morgan fingerprint density at radius 3 is 2.35 bits per heavy atom. The lowest BCUT2D eigenvalue weighted by Gasteiger charge is -2.14. The number of benzene rings is 2. The fraction of sp³-hybridized carbons (Fsp3) is 0.0769. The molecule has 0 unspecified atom stereocenters. The number of hydrogen-bond acceptors (Lipinski definition) is 2. The smallest absolute Gasteiger partial charge is 0.397 e. The molecule has 0 saturated carbocycles. The summed E-state index contributed by atoms with van der Waals surface area (Å²) in [4.78, 5) is 0. The number of alkyl halides is 3. The first-order valence-electron chi connectivity index (χ1n) is 5.46. The second kappa shape index (κ2) is 5.54. The normalized spacial score (nSPS) is 11.4. The summed E-state index contributed by atoms with van der Waals surface area (Å²) in [5.74, 6) is 0. The van der Waals surface area contributed by atoms with Crippen molar-refractivity contribution >= 4 is 44.6 Å². The topological polar surface area (TPSA) is 38.0 Å². The fourth-order valence-corrected chi connectivity index (χ4v) is 2.13. The maximum absolute atomic E-state index is 12.7. The molecule has 0 atom stereocenters. The number of nitrogens with one attached hydrogen (secondary N) is 1. The molecule has 0 aliphatic rings. The van der Waals surface area contributed by atoms with E-state index in [-0.39, 0.29) is 10.7 Å². The molecular formula is C13H9BrClF3N2. The Bertz CT molecular complexity index is 644. The third-order valence-electron chi connectivity index (χ3n) is 2.58. The molecule has 20 heavy (non-hydrogen) atoms. The molecule has 0 bridgehead atoms. The molecule has 0 aromatic heterocycles. The van der Waals surface area contributed by atoms with Crippen LogP contribution in [0.5, 0.6) is 0 Å². The fourth-order valence-electron chi connectivity index (χ4n) is 1.59. The van der Waals surface area contributed by atoms with Crippen LogP contribution < -0.4 is 11.1 Å². The van der Waals surface area contributed by atoms with Crippen LogP contribution in [0.2, 0.25) is 5.02 Å². The monoisotopic (exact) mass is 364 g/mol. The average Bonchev–Trinajstić information content (AvgIpc) is 2.33. The molecule has 2 nitrogen and oxygen atoms in total. The van der Waals surface area contributed by atoms with Crippen LogP contribution in [0.25, 0.3) is 0 Å². The lowest BCUT2D eigenvalue weighted by Crippen LogP contribution is -2.06. The molecule has 0 radical (unpaired) electrons. The van der Waals surface area contributed by atoms with Crippen LogP contribution in [-0.4, -0.2) is 0 Å². The van der Waals surface area contributed by atoms with Crippen LogP contribution >= 0.6 is 27.5 Å². The van der Waals surface area contributed by atoms with Crippen LogP contribution in [0.15, 0.2) is 40.9 Å². The maximum atomic E-state index is 12.7. The Morgan fingerprint density at radius 2 is 1.75 bits per heavy atom. The van der Waals surface area contributed by atoms with Gasteiger partial charge >= 0.3 is 6.18 Å². The van der Waals surface area contributed by atoms with E-state index >= 15 is 0 Å². The molecule has 2 aromatic rings. The third kappa shape index (κ3) is 3.37. The first kappa shape index (κ1) is 15.0. The van der Waals surface area contributed by atoms with Gasteiger partial charge in [-0.25, -0.2) is 0 Å². The van der Waals surface area contributed by atoms with E-state index in [9.17, 15) is 13.2 Å². The highest BCUT2D eigenvalue weighted by Crippen LogP contribution is 2.36. The Balaban J connectivity index is 2.38. The van der Waals surface area contributed by atoms with Crippen molar-refractivity contribution in [3.05, 3.63) is 51.5 Å². The Morgan fingerprint density at radius 1 is 1.05 bits per heavy atom. The molecule has 0 fully saturated rings. The summed E-state index contributed by atoms with van der Waals surface area (Å²) in [6, 6.07) is 8.09.